The fourth-order valence-corrected chi connectivity index (χ4v) is 4.53. The van der Waals surface area contributed by atoms with Crippen LogP contribution in [0.4, 0.5) is 10.1 Å². The Morgan fingerprint density at radius 1 is 1.03 bits per heavy atom. The molecule has 3 aromatic rings. The van der Waals surface area contributed by atoms with Crippen LogP contribution in [0, 0.1) is 5.82 Å². The molecule has 1 amide bonds. The largest absolute Gasteiger partial charge is 0.486 e. The highest BCUT2D eigenvalue weighted by Gasteiger charge is 2.21. The molecule has 0 unspecified atom stereocenters. The highest BCUT2D eigenvalue weighted by molar-refractivity contribution is 7.92. The third-order valence-corrected chi connectivity index (χ3v) is 6.64. The van der Waals surface area contributed by atoms with Gasteiger partial charge in [-0.25, -0.2) is 12.8 Å². The maximum Gasteiger partial charge on any atom is 0.251 e. The first kappa shape index (κ1) is 23.6. The van der Waals surface area contributed by atoms with Crippen molar-refractivity contribution in [3.63, 3.8) is 0 Å². The zero-order chi connectivity index (χ0) is 24.3. The van der Waals surface area contributed by atoms with Crippen molar-refractivity contribution >= 4 is 21.6 Å². The van der Waals surface area contributed by atoms with E-state index >= 15 is 0 Å². The van der Waals surface area contributed by atoms with Crippen LogP contribution in [-0.4, -0.2) is 33.8 Å². The maximum absolute atomic E-state index is 14.1. The molecule has 9 heteroatoms. The summed E-state index contributed by atoms with van der Waals surface area (Å²) in [5, 5.41) is 2.93. The number of sulfonamides is 1. The number of halogens is 1. The molecule has 0 radical (unpaired) electrons. The fourth-order valence-electron chi connectivity index (χ4n) is 3.65. The number of nitrogens with zero attached hydrogens (tertiary/aromatic N) is 1. The second-order valence-electron chi connectivity index (χ2n) is 8.01. The number of nitrogens with one attached hydrogen (secondary N) is 1. The summed E-state index contributed by atoms with van der Waals surface area (Å²) < 4.78 is 51.1. The van der Waals surface area contributed by atoms with Gasteiger partial charge in [0.15, 0.2) is 11.5 Å². The molecular formula is C25H25FN2O5S. The van der Waals surface area contributed by atoms with Gasteiger partial charge in [0.05, 0.1) is 24.5 Å². The lowest BCUT2D eigenvalue weighted by Crippen LogP contribution is -2.30. The van der Waals surface area contributed by atoms with Crippen LogP contribution in [-0.2, 0) is 16.6 Å². The number of amides is 1. The van der Waals surface area contributed by atoms with E-state index in [1.807, 2.05) is 25.1 Å². The van der Waals surface area contributed by atoms with Gasteiger partial charge in [0, 0.05) is 11.1 Å². The minimum Gasteiger partial charge on any atom is -0.486 e. The first-order valence-corrected chi connectivity index (χ1v) is 12.6. The van der Waals surface area contributed by atoms with Crippen LogP contribution in [0.25, 0.3) is 0 Å². The van der Waals surface area contributed by atoms with E-state index < -0.39 is 15.8 Å². The van der Waals surface area contributed by atoms with E-state index in [4.69, 9.17) is 9.47 Å². The molecule has 1 aliphatic rings. The molecule has 0 aliphatic carbocycles. The number of carbonyl (C=O) groups excluding carboxylic acids is 1. The standard InChI is InChI=1S/C25H25FN2O5S/c1-17(19-9-12-23-24(15-19)33-14-13-32-23)27-25(29)18-7-10-21(11-8-18)28(34(2,30)31)16-20-5-3-4-6-22(20)26/h3-12,15,17H,13-14,16H2,1-2H3,(H,27,29)/t17-/m1/s1. The van der Waals surface area contributed by atoms with Crippen molar-refractivity contribution in [2.24, 2.45) is 0 Å². The van der Waals surface area contributed by atoms with Gasteiger partial charge in [0.25, 0.3) is 5.91 Å². The van der Waals surface area contributed by atoms with Gasteiger partial charge < -0.3 is 14.8 Å². The van der Waals surface area contributed by atoms with Crippen molar-refractivity contribution in [3.8, 4) is 11.5 Å². The summed E-state index contributed by atoms with van der Waals surface area (Å²) in [6, 6.07) is 17.4. The normalized spacial score (nSPS) is 13.7. The molecule has 1 N–H and O–H groups in total. The predicted molar refractivity (Wildman–Crippen MR) is 127 cm³/mol. The van der Waals surface area contributed by atoms with E-state index in [1.54, 1.807) is 24.3 Å². The molecule has 34 heavy (non-hydrogen) atoms. The van der Waals surface area contributed by atoms with Crippen LogP contribution in [0.5, 0.6) is 11.5 Å². The number of rotatable bonds is 7. The van der Waals surface area contributed by atoms with Gasteiger partial charge in [-0.1, -0.05) is 24.3 Å². The topological polar surface area (TPSA) is 84.9 Å². The number of hydrogen-bond acceptors (Lipinski definition) is 5. The van der Waals surface area contributed by atoms with E-state index in [0.717, 1.165) is 16.1 Å². The number of fused-ring (bicyclic) bond motifs is 1. The zero-order valence-electron chi connectivity index (χ0n) is 18.8. The Labute approximate surface area is 198 Å². The SMILES string of the molecule is C[C@@H](NC(=O)c1ccc(N(Cc2ccccc2F)S(C)(=O)=O)cc1)c1ccc2c(c1)OCCO2. The van der Waals surface area contributed by atoms with E-state index in [2.05, 4.69) is 5.32 Å². The van der Waals surface area contributed by atoms with E-state index in [1.165, 1.54) is 24.3 Å². The van der Waals surface area contributed by atoms with Crippen LogP contribution in [0.1, 0.15) is 34.5 Å². The van der Waals surface area contributed by atoms with Crippen molar-refractivity contribution < 1.29 is 27.1 Å². The molecule has 4 rings (SSSR count). The van der Waals surface area contributed by atoms with Crippen molar-refractivity contribution in [1.29, 1.82) is 0 Å². The van der Waals surface area contributed by atoms with Crippen LogP contribution in [0.15, 0.2) is 66.7 Å². The van der Waals surface area contributed by atoms with Gasteiger partial charge in [0.1, 0.15) is 19.0 Å². The molecule has 1 aliphatic heterocycles. The number of hydrogen-bond donors (Lipinski definition) is 1. The third kappa shape index (κ3) is 5.31. The summed E-state index contributed by atoms with van der Waals surface area (Å²) in [4.78, 5) is 12.8. The molecule has 0 saturated carbocycles. The first-order chi connectivity index (χ1) is 16.2. The molecule has 0 fully saturated rings. The maximum atomic E-state index is 14.1. The highest BCUT2D eigenvalue weighted by Crippen LogP contribution is 2.32. The van der Waals surface area contributed by atoms with Crippen LogP contribution >= 0.6 is 0 Å². The van der Waals surface area contributed by atoms with Crippen molar-refractivity contribution in [3.05, 3.63) is 89.2 Å². The Morgan fingerprint density at radius 2 is 1.71 bits per heavy atom. The molecule has 3 aromatic carbocycles. The lowest BCUT2D eigenvalue weighted by atomic mass is 10.1. The molecule has 1 atom stereocenters. The van der Waals surface area contributed by atoms with Crippen molar-refractivity contribution in [2.45, 2.75) is 19.5 Å². The van der Waals surface area contributed by atoms with E-state index in [9.17, 15) is 17.6 Å². The van der Waals surface area contributed by atoms with Gasteiger partial charge in [-0.15, -0.1) is 0 Å². The smallest absolute Gasteiger partial charge is 0.251 e. The number of ether oxygens (including phenoxy) is 2. The predicted octanol–water partition coefficient (Wildman–Crippen LogP) is 4.05. The minimum atomic E-state index is -3.68. The molecular weight excluding hydrogens is 459 g/mol. The fraction of sp³-hybridized carbons (Fsp3) is 0.240. The number of anilines is 1. The van der Waals surface area contributed by atoms with E-state index in [0.29, 0.717) is 36.0 Å². The summed E-state index contributed by atoms with van der Waals surface area (Å²) in [7, 11) is -3.68. The Bertz CT molecular complexity index is 1290. The lowest BCUT2D eigenvalue weighted by molar-refractivity contribution is 0.0939. The summed E-state index contributed by atoms with van der Waals surface area (Å²) in [5.74, 6) is 0.522. The van der Waals surface area contributed by atoms with Crippen LogP contribution < -0.4 is 19.1 Å². The van der Waals surface area contributed by atoms with Gasteiger partial charge in [-0.05, 0) is 55.0 Å². The molecule has 0 bridgehead atoms. The second kappa shape index (κ2) is 9.72. The van der Waals surface area contributed by atoms with Crippen molar-refractivity contribution in [2.75, 3.05) is 23.8 Å². The number of benzene rings is 3. The summed E-state index contributed by atoms with van der Waals surface area (Å²) in [6.45, 7) is 2.69. The molecule has 0 spiro atoms. The minimum absolute atomic E-state index is 0.155. The molecule has 0 aromatic heterocycles. The quantitative estimate of drug-likeness (QED) is 0.547. The summed E-state index contributed by atoms with van der Waals surface area (Å²) >= 11 is 0. The Kier molecular flexibility index (Phi) is 6.74. The second-order valence-corrected chi connectivity index (χ2v) is 9.91. The molecule has 7 nitrogen and oxygen atoms in total. The summed E-state index contributed by atoms with van der Waals surface area (Å²) in [5.41, 5.74) is 1.82. The monoisotopic (exact) mass is 484 g/mol. The Morgan fingerprint density at radius 3 is 2.38 bits per heavy atom. The molecule has 1 heterocycles. The van der Waals surface area contributed by atoms with Gasteiger partial charge in [-0.3, -0.25) is 9.10 Å². The zero-order valence-corrected chi connectivity index (χ0v) is 19.6. The average Bonchev–Trinajstić information content (AvgIpc) is 2.82. The molecule has 178 valence electrons. The van der Waals surface area contributed by atoms with Crippen LogP contribution in [0.3, 0.4) is 0 Å². The van der Waals surface area contributed by atoms with Gasteiger partial charge >= 0.3 is 0 Å². The van der Waals surface area contributed by atoms with Gasteiger partial charge in [0.2, 0.25) is 10.0 Å². The molecule has 0 saturated heterocycles. The Hall–Kier alpha value is -3.59. The number of carbonyl (C=O) groups is 1. The summed E-state index contributed by atoms with van der Waals surface area (Å²) in [6.07, 6.45) is 1.06. The highest BCUT2D eigenvalue weighted by atomic mass is 32.2. The average molecular weight is 485 g/mol. The van der Waals surface area contributed by atoms with Crippen molar-refractivity contribution in [1.82, 2.24) is 5.32 Å². The lowest BCUT2D eigenvalue weighted by Gasteiger charge is -2.23. The Balaban J connectivity index is 1.48. The van der Waals surface area contributed by atoms with Gasteiger partial charge in [-0.2, -0.15) is 0 Å². The third-order valence-electron chi connectivity index (χ3n) is 5.50. The van der Waals surface area contributed by atoms with E-state index in [-0.39, 0.29) is 24.1 Å². The van der Waals surface area contributed by atoms with Crippen LogP contribution in [0.2, 0.25) is 0 Å². The first-order valence-electron chi connectivity index (χ1n) is 10.7.